The molecule has 0 fully saturated rings. The maximum absolute atomic E-state index is 10.5. The van der Waals surface area contributed by atoms with E-state index in [1.165, 1.54) is 0 Å². The summed E-state index contributed by atoms with van der Waals surface area (Å²) >= 11 is 2.71. The minimum absolute atomic E-state index is 0.0538. The molecule has 0 aliphatic carbocycles. The van der Waals surface area contributed by atoms with E-state index in [-0.39, 0.29) is 5.75 Å². The normalized spacial score (nSPS) is 10.6. The molecule has 2 aromatic rings. The lowest BCUT2D eigenvalue weighted by molar-refractivity contribution is -0.133. The van der Waals surface area contributed by atoms with Crippen molar-refractivity contribution < 1.29 is 9.90 Å². The fourth-order valence-corrected chi connectivity index (χ4v) is 2.57. The minimum atomic E-state index is -0.890. The third-order valence-corrected chi connectivity index (χ3v) is 3.67. The molecule has 2 heterocycles. The summed E-state index contributed by atoms with van der Waals surface area (Å²) in [7, 11) is 0. The van der Waals surface area contributed by atoms with E-state index in [0.717, 1.165) is 17.3 Å². The van der Waals surface area contributed by atoms with Crippen LogP contribution in [-0.2, 0) is 11.3 Å². The van der Waals surface area contributed by atoms with Crippen LogP contribution in [0.5, 0.6) is 0 Å². The fourth-order valence-electron chi connectivity index (χ4n) is 1.25. The number of thiophene rings is 1. The van der Waals surface area contributed by atoms with Gasteiger partial charge in [-0.15, -0.1) is 10.2 Å². The Kier molecular flexibility index (Phi) is 3.64. The molecule has 6 nitrogen and oxygen atoms in total. The van der Waals surface area contributed by atoms with Gasteiger partial charge in [0.1, 0.15) is 0 Å². The van der Waals surface area contributed by atoms with Crippen LogP contribution in [0.2, 0.25) is 0 Å². The second-order valence-electron chi connectivity index (χ2n) is 3.24. The number of carbonyl (C=O) groups is 1. The van der Waals surface area contributed by atoms with Gasteiger partial charge in [-0.1, -0.05) is 11.8 Å². The fraction of sp³-hybridized carbons (Fsp3) is 0.222. The molecular weight excluding hydrogens is 260 g/mol. The summed E-state index contributed by atoms with van der Waals surface area (Å²) < 4.78 is 1.70. The second kappa shape index (κ2) is 5.19. The van der Waals surface area contributed by atoms with Crippen molar-refractivity contribution >= 4 is 35.0 Å². The summed E-state index contributed by atoms with van der Waals surface area (Å²) in [6.45, 7) is 0.560. The summed E-state index contributed by atoms with van der Waals surface area (Å²) in [4.78, 5) is 10.5. The van der Waals surface area contributed by atoms with Crippen LogP contribution < -0.4 is 5.73 Å². The van der Waals surface area contributed by atoms with E-state index in [4.69, 9.17) is 10.8 Å². The molecule has 2 aromatic heterocycles. The van der Waals surface area contributed by atoms with Crippen molar-refractivity contribution in [3.63, 3.8) is 0 Å². The van der Waals surface area contributed by atoms with Gasteiger partial charge in [0.15, 0.2) is 5.16 Å². The molecule has 2 rings (SSSR count). The van der Waals surface area contributed by atoms with Crippen LogP contribution in [0.25, 0.3) is 0 Å². The molecule has 90 valence electrons. The summed E-state index contributed by atoms with van der Waals surface area (Å²) in [5.74, 6) is -0.648. The van der Waals surface area contributed by atoms with Crippen LogP contribution >= 0.6 is 23.1 Å². The highest BCUT2D eigenvalue weighted by atomic mass is 32.2. The number of aliphatic carboxylic acids is 1. The maximum atomic E-state index is 10.5. The number of hydrogen-bond donors (Lipinski definition) is 2. The molecule has 8 heteroatoms. The van der Waals surface area contributed by atoms with E-state index in [9.17, 15) is 4.79 Å². The van der Waals surface area contributed by atoms with Gasteiger partial charge in [0.25, 0.3) is 0 Å². The van der Waals surface area contributed by atoms with E-state index in [0.29, 0.717) is 17.6 Å². The van der Waals surface area contributed by atoms with Crippen molar-refractivity contribution in [1.82, 2.24) is 14.8 Å². The highest BCUT2D eigenvalue weighted by molar-refractivity contribution is 7.99. The molecule has 0 unspecified atom stereocenters. The van der Waals surface area contributed by atoms with Crippen LogP contribution in [-0.4, -0.2) is 31.6 Å². The topological polar surface area (TPSA) is 94.0 Å². The van der Waals surface area contributed by atoms with Gasteiger partial charge in [-0.2, -0.15) is 11.3 Å². The number of rotatable bonds is 5. The third-order valence-electron chi connectivity index (χ3n) is 1.99. The molecule has 0 aromatic carbocycles. The zero-order valence-corrected chi connectivity index (χ0v) is 10.4. The average Bonchev–Trinajstić information content (AvgIpc) is 2.89. The number of carboxylic acids is 1. The van der Waals surface area contributed by atoms with Crippen LogP contribution in [0.1, 0.15) is 5.56 Å². The lowest BCUT2D eigenvalue weighted by atomic mass is 10.3. The number of aromatic nitrogens is 3. The minimum Gasteiger partial charge on any atom is -0.481 e. The molecule has 17 heavy (non-hydrogen) atoms. The highest BCUT2D eigenvalue weighted by Crippen LogP contribution is 2.20. The Bertz CT molecular complexity index is 509. The van der Waals surface area contributed by atoms with Gasteiger partial charge < -0.3 is 10.8 Å². The number of nitrogen functional groups attached to an aromatic ring is 1. The molecule has 0 spiro atoms. The number of thioether (sulfide) groups is 1. The molecular formula is C9H10N4O2S2. The van der Waals surface area contributed by atoms with E-state index >= 15 is 0 Å². The van der Waals surface area contributed by atoms with Crippen molar-refractivity contribution in [2.75, 3.05) is 11.5 Å². The SMILES string of the molecule is Nc1nnc(SCC(=O)O)n1Cc1ccsc1. The van der Waals surface area contributed by atoms with E-state index in [1.807, 2.05) is 16.8 Å². The summed E-state index contributed by atoms with van der Waals surface area (Å²) in [5, 5.41) is 20.7. The predicted molar refractivity (Wildman–Crippen MR) is 66.2 cm³/mol. The first-order chi connectivity index (χ1) is 8.16. The Labute approximate surface area is 105 Å². The van der Waals surface area contributed by atoms with Crippen molar-refractivity contribution in [3.05, 3.63) is 22.4 Å². The molecule has 0 saturated heterocycles. The molecule has 0 radical (unpaired) electrons. The molecule has 0 saturated carbocycles. The first kappa shape index (κ1) is 11.9. The highest BCUT2D eigenvalue weighted by Gasteiger charge is 2.12. The van der Waals surface area contributed by atoms with Crippen LogP contribution in [0.4, 0.5) is 5.95 Å². The predicted octanol–water partition coefficient (Wildman–Crippen LogP) is 1.15. The van der Waals surface area contributed by atoms with E-state index in [2.05, 4.69) is 10.2 Å². The van der Waals surface area contributed by atoms with E-state index in [1.54, 1.807) is 15.9 Å². The van der Waals surface area contributed by atoms with Crippen molar-refractivity contribution in [2.45, 2.75) is 11.7 Å². The van der Waals surface area contributed by atoms with Crippen LogP contribution in [0, 0.1) is 0 Å². The molecule has 0 aliphatic rings. The van der Waals surface area contributed by atoms with Gasteiger partial charge in [0, 0.05) is 0 Å². The Balaban J connectivity index is 2.14. The van der Waals surface area contributed by atoms with Crippen LogP contribution in [0.3, 0.4) is 0 Å². The number of nitrogens with zero attached hydrogens (tertiary/aromatic N) is 3. The van der Waals surface area contributed by atoms with E-state index < -0.39 is 5.97 Å². The number of carboxylic acid groups (broad SMARTS) is 1. The Morgan fingerprint density at radius 3 is 3.06 bits per heavy atom. The first-order valence-electron chi connectivity index (χ1n) is 4.71. The zero-order chi connectivity index (χ0) is 12.3. The third kappa shape index (κ3) is 2.98. The number of anilines is 1. The van der Waals surface area contributed by atoms with Gasteiger partial charge in [-0.3, -0.25) is 9.36 Å². The Hall–Kier alpha value is -1.54. The first-order valence-corrected chi connectivity index (χ1v) is 6.64. The smallest absolute Gasteiger partial charge is 0.313 e. The van der Waals surface area contributed by atoms with Gasteiger partial charge >= 0.3 is 5.97 Å². The Morgan fingerprint density at radius 2 is 2.41 bits per heavy atom. The van der Waals surface area contributed by atoms with Gasteiger partial charge in [0.05, 0.1) is 12.3 Å². The van der Waals surface area contributed by atoms with Crippen molar-refractivity contribution in [2.24, 2.45) is 0 Å². The monoisotopic (exact) mass is 270 g/mol. The molecule has 0 bridgehead atoms. The summed E-state index contributed by atoms with van der Waals surface area (Å²) in [6, 6.07) is 1.98. The van der Waals surface area contributed by atoms with Crippen LogP contribution in [0.15, 0.2) is 22.0 Å². The summed E-state index contributed by atoms with van der Waals surface area (Å²) in [5.41, 5.74) is 6.79. The molecule has 0 aliphatic heterocycles. The second-order valence-corrected chi connectivity index (χ2v) is 4.96. The standard InChI is InChI=1S/C9H10N4O2S2/c10-8-11-12-9(17-5-7(14)15)13(8)3-6-1-2-16-4-6/h1-2,4H,3,5H2,(H2,10,11)(H,14,15). The maximum Gasteiger partial charge on any atom is 0.313 e. The lowest BCUT2D eigenvalue weighted by Gasteiger charge is -2.05. The quantitative estimate of drug-likeness (QED) is 0.791. The number of hydrogen-bond acceptors (Lipinski definition) is 6. The molecule has 0 atom stereocenters. The average molecular weight is 270 g/mol. The molecule has 3 N–H and O–H groups in total. The number of nitrogens with two attached hydrogens (primary N) is 1. The van der Waals surface area contributed by atoms with Gasteiger partial charge in [-0.25, -0.2) is 0 Å². The van der Waals surface area contributed by atoms with Gasteiger partial charge in [0.2, 0.25) is 5.95 Å². The van der Waals surface area contributed by atoms with Crippen molar-refractivity contribution in [1.29, 1.82) is 0 Å². The largest absolute Gasteiger partial charge is 0.481 e. The Morgan fingerprint density at radius 1 is 1.59 bits per heavy atom. The van der Waals surface area contributed by atoms with Crippen molar-refractivity contribution in [3.8, 4) is 0 Å². The molecule has 0 amide bonds. The van der Waals surface area contributed by atoms with Gasteiger partial charge in [-0.05, 0) is 22.4 Å². The zero-order valence-electron chi connectivity index (χ0n) is 8.74. The lowest BCUT2D eigenvalue weighted by Crippen LogP contribution is -2.07. The summed E-state index contributed by atoms with van der Waals surface area (Å²) in [6.07, 6.45) is 0.